The molecule has 3 aromatic rings. The number of nitrogens with zero attached hydrogens (tertiary/aromatic N) is 2. The van der Waals surface area contributed by atoms with Crippen LogP contribution in [0, 0.1) is 5.92 Å². The quantitative estimate of drug-likeness (QED) is 0.330. The number of benzene rings is 3. The average molecular weight is 666 g/mol. The molecule has 2 N–H and O–H groups in total. The number of sulfonamides is 1. The molecule has 0 bridgehead atoms. The van der Waals surface area contributed by atoms with Gasteiger partial charge in [0.2, 0.25) is 15.9 Å². The summed E-state index contributed by atoms with van der Waals surface area (Å²) in [5.74, 6) is -0.505. The molecule has 0 unspecified atom stereocenters. The first-order chi connectivity index (χ1) is 22.5. The number of anilines is 1. The summed E-state index contributed by atoms with van der Waals surface area (Å²) in [6.07, 6.45) is 1.72. The summed E-state index contributed by atoms with van der Waals surface area (Å²) in [5, 5.41) is 13.1. The Morgan fingerprint density at radius 3 is 2.40 bits per heavy atom. The van der Waals surface area contributed by atoms with Crippen molar-refractivity contribution < 1.29 is 32.6 Å². The fourth-order valence-electron chi connectivity index (χ4n) is 5.57. The minimum atomic E-state index is -3.77. The lowest BCUT2D eigenvalue weighted by atomic mass is 10.0. The SMILES string of the molecule is C[C@@H]1CCCCO[C@@H](CN(C)S(=O)(=O)c2ccccc2)[C@H](C)CN([C@H](C)CO)C(=O)c2cc(NC(=O)Cc3ccccc3)ccc2O1. The van der Waals surface area contributed by atoms with Gasteiger partial charge in [0.05, 0.1) is 41.7 Å². The molecule has 11 heteroatoms. The van der Waals surface area contributed by atoms with Crippen molar-refractivity contribution in [3.05, 3.63) is 90.0 Å². The van der Waals surface area contributed by atoms with Gasteiger partial charge in [-0.25, -0.2) is 8.42 Å². The van der Waals surface area contributed by atoms with E-state index < -0.39 is 22.2 Å². The number of aliphatic hydroxyl groups excluding tert-OH is 1. The number of rotatable bonds is 9. The van der Waals surface area contributed by atoms with Crippen LogP contribution in [0.25, 0.3) is 0 Å². The Bertz CT molecular complexity index is 1570. The second-order valence-corrected chi connectivity index (χ2v) is 14.4. The molecular weight excluding hydrogens is 618 g/mol. The van der Waals surface area contributed by atoms with E-state index in [0.717, 1.165) is 18.4 Å². The molecule has 0 aliphatic carbocycles. The van der Waals surface area contributed by atoms with Crippen LogP contribution >= 0.6 is 0 Å². The van der Waals surface area contributed by atoms with E-state index in [-0.39, 0.29) is 60.4 Å². The summed E-state index contributed by atoms with van der Waals surface area (Å²) < 4.78 is 40.6. The lowest BCUT2D eigenvalue weighted by Crippen LogP contribution is -2.48. The highest BCUT2D eigenvalue weighted by Crippen LogP contribution is 2.29. The van der Waals surface area contributed by atoms with Gasteiger partial charge in [0.25, 0.3) is 5.91 Å². The van der Waals surface area contributed by atoms with Gasteiger partial charge in [-0.1, -0.05) is 55.5 Å². The Hall–Kier alpha value is -3.77. The third-order valence-corrected chi connectivity index (χ3v) is 10.3. The average Bonchev–Trinajstić information content (AvgIpc) is 3.06. The number of aliphatic hydroxyl groups is 1. The topological polar surface area (TPSA) is 125 Å². The molecular formula is C36H47N3O7S. The van der Waals surface area contributed by atoms with Gasteiger partial charge in [-0.05, 0) is 69.0 Å². The van der Waals surface area contributed by atoms with E-state index >= 15 is 0 Å². The number of hydrogen-bond donors (Lipinski definition) is 2. The van der Waals surface area contributed by atoms with Crippen LogP contribution in [0.3, 0.4) is 0 Å². The van der Waals surface area contributed by atoms with Crippen molar-refractivity contribution in [1.29, 1.82) is 0 Å². The first-order valence-electron chi connectivity index (χ1n) is 16.2. The number of likely N-dealkylation sites (N-methyl/N-ethyl adjacent to an activating group) is 1. The van der Waals surface area contributed by atoms with Crippen LogP contribution in [0.15, 0.2) is 83.8 Å². The molecule has 0 saturated carbocycles. The fourth-order valence-corrected chi connectivity index (χ4v) is 6.78. The molecule has 1 aliphatic heterocycles. The molecule has 47 heavy (non-hydrogen) atoms. The molecule has 3 aromatic carbocycles. The summed E-state index contributed by atoms with van der Waals surface area (Å²) in [6, 6.07) is 22.1. The van der Waals surface area contributed by atoms with Gasteiger partial charge < -0.3 is 24.8 Å². The van der Waals surface area contributed by atoms with Crippen LogP contribution in [-0.2, 0) is 26.0 Å². The zero-order valence-corrected chi connectivity index (χ0v) is 28.5. The Morgan fingerprint density at radius 1 is 1.04 bits per heavy atom. The smallest absolute Gasteiger partial charge is 0.258 e. The standard InChI is InChI=1S/C36H47N3O7S/c1-26-23-39(27(2)25-40)36(42)32-22-30(37-35(41)21-29-14-7-5-8-15-29)18-19-33(32)46-28(3)13-11-12-20-45-34(26)24-38(4)47(43,44)31-16-9-6-10-17-31/h5-10,14-19,22,26-28,34,40H,11-13,20-21,23-25H2,1-4H3,(H,37,41)/t26-,27-,28-,34+/m1/s1. The Balaban J connectivity index is 1.63. The van der Waals surface area contributed by atoms with Crippen LogP contribution < -0.4 is 10.1 Å². The minimum absolute atomic E-state index is 0.0849. The summed E-state index contributed by atoms with van der Waals surface area (Å²) >= 11 is 0. The van der Waals surface area contributed by atoms with Gasteiger partial charge in [0, 0.05) is 38.3 Å². The zero-order chi connectivity index (χ0) is 34.0. The summed E-state index contributed by atoms with van der Waals surface area (Å²) in [5.41, 5.74) is 1.58. The Labute approximate surface area is 278 Å². The van der Waals surface area contributed by atoms with Crippen molar-refractivity contribution in [3.63, 3.8) is 0 Å². The molecule has 1 aliphatic rings. The number of carbonyl (C=O) groups excluding carboxylic acids is 2. The van der Waals surface area contributed by atoms with Gasteiger partial charge in [-0.3, -0.25) is 9.59 Å². The summed E-state index contributed by atoms with van der Waals surface area (Å²) in [7, 11) is -2.23. The van der Waals surface area contributed by atoms with E-state index in [9.17, 15) is 23.1 Å². The van der Waals surface area contributed by atoms with Gasteiger partial charge in [0.15, 0.2) is 0 Å². The second-order valence-electron chi connectivity index (χ2n) is 12.3. The first-order valence-corrected chi connectivity index (χ1v) is 17.6. The number of ether oxygens (including phenoxy) is 2. The summed E-state index contributed by atoms with van der Waals surface area (Å²) in [4.78, 5) is 29.0. The lowest BCUT2D eigenvalue weighted by Gasteiger charge is -2.35. The number of hydrogen-bond acceptors (Lipinski definition) is 7. The highest BCUT2D eigenvalue weighted by atomic mass is 32.2. The molecule has 4 atom stereocenters. The van der Waals surface area contributed by atoms with E-state index in [1.165, 1.54) is 11.4 Å². The fraction of sp³-hybridized carbons (Fsp3) is 0.444. The largest absolute Gasteiger partial charge is 0.490 e. The zero-order valence-electron chi connectivity index (χ0n) is 27.7. The van der Waals surface area contributed by atoms with E-state index in [4.69, 9.17) is 9.47 Å². The molecule has 0 saturated heterocycles. The lowest BCUT2D eigenvalue weighted by molar-refractivity contribution is -0.115. The third-order valence-electron chi connectivity index (χ3n) is 8.43. The molecule has 10 nitrogen and oxygen atoms in total. The van der Waals surface area contributed by atoms with Crippen molar-refractivity contribution in [1.82, 2.24) is 9.21 Å². The predicted octanol–water partition coefficient (Wildman–Crippen LogP) is 4.98. The second kappa shape index (κ2) is 16.9. The maximum atomic E-state index is 14.3. The van der Waals surface area contributed by atoms with Crippen LogP contribution in [0.4, 0.5) is 5.69 Å². The highest BCUT2D eigenvalue weighted by molar-refractivity contribution is 7.89. The maximum absolute atomic E-state index is 14.3. The third kappa shape index (κ3) is 9.87. The van der Waals surface area contributed by atoms with E-state index in [1.807, 2.05) is 44.2 Å². The molecule has 0 radical (unpaired) electrons. The monoisotopic (exact) mass is 665 g/mol. The van der Waals surface area contributed by atoms with Crippen LogP contribution in [0.1, 0.15) is 56.0 Å². The van der Waals surface area contributed by atoms with Gasteiger partial charge in [0.1, 0.15) is 5.75 Å². The minimum Gasteiger partial charge on any atom is -0.490 e. The number of fused-ring (bicyclic) bond motifs is 1. The van der Waals surface area contributed by atoms with Crippen LogP contribution in [0.2, 0.25) is 0 Å². The molecule has 254 valence electrons. The molecule has 2 amide bonds. The number of nitrogens with one attached hydrogen (secondary N) is 1. The molecule has 4 rings (SSSR count). The maximum Gasteiger partial charge on any atom is 0.258 e. The van der Waals surface area contributed by atoms with Gasteiger partial charge in [-0.15, -0.1) is 0 Å². The Morgan fingerprint density at radius 2 is 1.72 bits per heavy atom. The Kier molecular flexibility index (Phi) is 12.9. The predicted molar refractivity (Wildman–Crippen MR) is 182 cm³/mol. The van der Waals surface area contributed by atoms with Crippen LogP contribution in [0.5, 0.6) is 5.75 Å². The van der Waals surface area contributed by atoms with Crippen molar-refractivity contribution in [3.8, 4) is 5.75 Å². The number of amides is 2. The van der Waals surface area contributed by atoms with Crippen molar-refractivity contribution in [2.45, 2.75) is 69.6 Å². The van der Waals surface area contributed by atoms with Crippen molar-refractivity contribution in [2.75, 3.05) is 38.7 Å². The van der Waals surface area contributed by atoms with Crippen molar-refractivity contribution >= 4 is 27.5 Å². The normalized spacial score (nSPS) is 20.5. The first kappa shape index (κ1) is 36.1. The van der Waals surface area contributed by atoms with Gasteiger partial charge >= 0.3 is 0 Å². The number of carbonyl (C=O) groups is 2. The highest BCUT2D eigenvalue weighted by Gasteiger charge is 2.32. The molecule has 0 spiro atoms. The van der Waals surface area contributed by atoms with Gasteiger partial charge in [-0.2, -0.15) is 4.31 Å². The van der Waals surface area contributed by atoms with E-state index in [1.54, 1.807) is 60.4 Å². The molecule has 1 heterocycles. The summed E-state index contributed by atoms with van der Waals surface area (Å²) in [6.45, 7) is 6.03. The molecule has 0 fully saturated rings. The van der Waals surface area contributed by atoms with Crippen molar-refractivity contribution in [2.24, 2.45) is 5.92 Å². The van der Waals surface area contributed by atoms with E-state index in [2.05, 4.69) is 5.32 Å². The van der Waals surface area contributed by atoms with Crippen LogP contribution in [-0.4, -0.2) is 86.1 Å². The molecule has 0 aromatic heterocycles. The van der Waals surface area contributed by atoms with E-state index in [0.29, 0.717) is 24.5 Å².